The van der Waals surface area contributed by atoms with E-state index in [1.807, 2.05) is 42.5 Å². The first kappa shape index (κ1) is 22.8. The van der Waals surface area contributed by atoms with E-state index in [-0.39, 0.29) is 17.6 Å². The molecule has 1 atom stereocenters. The summed E-state index contributed by atoms with van der Waals surface area (Å²) in [7, 11) is 0. The second kappa shape index (κ2) is 10.1. The smallest absolute Gasteiger partial charge is 0.227 e. The lowest BCUT2D eigenvalue weighted by Crippen LogP contribution is -2.24. The van der Waals surface area contributed by atoms with E-state index in [4.69, 9.17) is 9.72 Å². The van der Waals surface area contributed by atoms with Gasteiger partial charge in [0.25, 0.3) is 0 Å². The maximum atomic E-state index is 13.8. The summed E-state index contributed by atoms with van der Waals surface area (Å²) in [6.07, 6.45) is 3.79. The van der Waals surface area contributed by atoms with Crippen molar-refractivity contribution in [2.45, 2.75) is 31.7 Å². The highest BCUT2D eigenvalue weighted by molar-refractivity contribution is 5.96. The van der Waals surface area contributed by atoms with E-state index < -0.39 is 0 Å². The molecule has 1 aliphatic heterocycles. The molecular formula is C29H28FN3O2. The van der Waals surface area contributed by atoms with Gasteiger partial charge in [0.15, 0.2) is 0 Å². The van der Waals surface area contributed by atoms with Crippen molar-refractivity contribution in [2.24, 2.45) is 0 Å². The number of allylic oxidation sites excluding steroid dienone is 1. The predicted octanol–water partition coefficient (Wildman–Crippen LogP) is 5.89. The van der Waals surface area contributed by atoms with Crippen molar-refractivity contribution in [1.82, 2.24) is 9.55 Å². The number of carbonyl (C=O) groups is 1. The van der Waals surface area contributed by atoms with Gasteiger partial charge in [-0.25, -0.2) is 9.37 Å². The van der Waals surface area contributed by atoms with Crippen LogP contribution in [0.2, 0.25) is 0 Å². The topological polar surface area (TPSA) is 47.4 Å². The number of hydrogen-bond acceptors (Lipinski definition) is 3. The highest BCUT2D eigenvalue weighted by Crippen LogP contribution is 2.33. The van der Waals surface area contributed by atoms with Gasteiger partial charge in [-0.3, -0.25) is 4.79 Å². The van der Waals surface area contributed by atoms with E-state index in [0.717, 1.165) is 47.6 Å². The lowest BCUT2D eigenvalue weighted by atomic mass is 10.1. The largest absolute Gasteiger partial charge is 0.493 e. The molecule has 0 bridgehead atoms. The molecule has 0 spiro atoms. The summed E-state index contributed by atoms with van der Waals surface area (Å²) in [4.78, 5) is 19.4. The lowest BCUT2D eigenvalue weighted by Gasteiger charge is -2.17. The van der Waals surface area contributed by atoms with E-state index in [9.17, 15) is 9.18 Å². The van der Waals surface area contributed by atoms with Crippen LogP contribution < -0.4 is 9.64 Å². The van der Waals surface area contributed by atoms with Crippen molar-refractivity contribution < 1.29 is 13.9 Å². The Kier molecular flexibility index (Phi) is 6.62. The molecule has 178 valence electrons. The molecular weight excluding hydrogens is 441 g/mol. The zero-order valence-corrected chi connectivity index (χ0v) is 19.6. The van der Waals surface area contributed by atoms with E-state index in [2.05, 4.69) is 23.3 Å². The molecule has 0 saturated carbocycles. The van der Waals surface area contributed by atoms with E-state index in [1.54, 1.807) is 17.0 Å². The molecule has 1 unspecified atom stereocenters. The third kappa shape index (κ3) is 4.83. The van der Waals surface area contributed by atoms with Crippen molar-refractivity contribution in [2.75, 3.05) is 18.1 Å². The van der Waals surface area contributed by atoms with Gasteiger partial charge in [-0.2, -0.15) is 0 Å². The summed E-state index contributed by atoms with van der Waals surface area (Å²) in [6.45, 7) is 5.60. The van der Waals surface area contributed by atoms with Crippen molar-refractivity contribution in [3.63, 3.8) is 0 Å². The van der Waals surface area contributed by atoms with Crippen LogP contribution in [0.1, 0.15) is 30.1 Å². The predicted molar refractivity (Wildman–Crippen MR) is 136 cm³/mol. The second-order valence-corrected chi connectivity index (χ2v) is 8.80. The molecule has 35 heavy (non-hydrogen) atoms. The molecule has 1 saturated heterocycles. The Hall–Kier alpha value is -3.93. The van der Waals surface area contributed by atoms with Gasteiger partial charge in [0.1, 0.15) is 17.4 Å². The first-order valence-corrected chi connectivity index (χ1v) is 12.0. The highest BCUT2D eigenvalue weighted by atomic mass is 19.1. The van der Waals surface area contributed by atoms with Crippen LogP contribution in [0.15, 0.2) is 85.5 Å². The fourth-order valence-electron chi connectivity index (χ4n) is 4.79. The fourth-order valence-corrected chi connectivity index (χ4v) is 4.79. The molecule has 1 aromatic heterocycles. The molecule has 5 nitrogen and oxygen atoms in total. The van der Waals surface area contributed by atoms with Crippen molar-refractivity contribution in [3.8, 4) is 5.75 Å². The van der Waals surface area contributed by atoms with Gasteiger partial charge in [-0.05, 0) is 54.8 Å². The van der Waals surface area contributed by atoms with Crippen molar-refractivity contribution in [3.05, 3.63) is 103 Å². The number of imidazole rings is 1. The number of rotatable bonds is 9. The number of fused-ring (bicyclic) bond motifs is 1. The summed E-state index contributed by atoms with van der Waals surface area (Å²) < 4.78 is 22.1. The summed E-state index contributed by atoms with van der Waals surface area (Å²) in [6, 6.07) is 22.3. The van der Waals surface area contributed by atoms with Crippen LogP contribution >= 0.6 is 0 Å². The Balaban J connectivity index is 1.34. The number of aryl methyl sites for hydroxylation is 1. The van der Waals surface area contributed by atoms with E-state index >= 15 is 0 Å². The number of para-hydroxylation sites is 3. The summed E-state index contributed by atoms with van der Waals surface area (Å²) >= 11 is 0. The Morgan fingerprint density at radius 2 is 1.91 bits per heavy atom. The van der Waals surface area contributed by atoms with E-state index in [0.29, 0.717) is 25.3 Å². The molecule has 1 amide bonds. The minimum Gasteiger partial charge on any atom is -0.493 e. The maximum Gasteiger partial charge on any atom is 0.227 e. The monoisotopic (exact) mass is 469 g/mol. The molecule has 4 aromatic rings. The van der Waals surface area contributed by atoms with Gasteiger partial charge in [0.05, 0.1) is 17.6 Å². The third-order valence-electron chi connectivity index (χ3n) is 6.41. The first-order valence-electron chi connectivity index (χ1n) is 12.0. The van der Waals surface area contributed by atoms with Crippen LogP contribution in [0.5, 0.6) is 5.75 Å². The van der Waals surface area contributed by atoms with Crippen LogP contribution in [-0.4, -0.2) is 28.6 Å². The van der Waals surface area contributed by atoms with Gasteiger partial charge < -0.3 is 14.2 Å². The lowest BCUT2D eigenvalue weighted by molar-refractivity contribution is -0.117. The zero-order valence-electron chi connectivity index (χ0n) is 19.6. The summed E-state index contributed by atoms with van der Waals surface area (Å²) in [5.74, 6) is 1.36. The standard InChI is InChI=1S/C29H28FN3O2/c1-2-9-21-10-3-6-15-27(21)35-17-8-16-32-26-14-5-4-13-25(26)31-29(32)22-18-28(34)33(20-22)24-12-7-11-23(30)19-24/h2-7,10-15,19,22H,1,8-9,16-18,20H2. The highest BCUT2D eigenvalue weighted by Gasteiger charge is 2.34. The molecule has 2 heterocycles. The van der Waals surface area contributed by atoms with Crippen LogP contribution in [0, 0.1) is 5.82 Å². The van der Waals surface area contributed by atoms with Crippen LogP contribution in [0.4, 0.5) is 10.1 Å². The van der Waals surface area contributed by atoms with E-state index in [1.165, 1.54) is 12.1 Å². The molecule has 1 fully saturated rings. The number of amides is 1. The van der Waals surface area contributed by atoms with Crippen LogP contribution in [0.25, 0.3) is 11.0 Å². The SMILES string of the molecule is C=CCc1ccccc1OCCCn1c(C2CC(=O)N(c3cccc(F)c3)C2)nc2ccccc21. The van der Waals surface area contributed by atoms with Crippen LogP contribution in [0.3, 0.4) is 0 Å². The van der Waals surface area contributed by atoms with Gasteiger partial charge >= 0.3 is 0 Å². The van der Waals surface area contributed by atoms with Gasteiger partial charge in [-0.15, -0.1) is 6.58 Å². The Bertz CT molecular complexity index is 1360. The molecule has 0 aliphatic carbocycles. The van der Waals surface area contributed by atoms with Crippen LogP contribution in [-0.2, 0) is 17.8 Å². The third-order valence-corrected chi connectivity index (χ3v) is 6.41. The average molecular weight is 470 g/mol. The second-order valence-electron chi connectivity index (χ2n) is 8.80. The Morgan fingerprint density at radius 3 is 2.77 bits per heavy atom. The van der Waals surface area contributed by atoms with Gasteiger partial charge in [0, 0.05) is 31.1 Å². The molecule has 6 heteroatoms. The minimum atomic E-state index is -0.347. The zero-order chi connectivity index (χ0) is 24.2. The molecule has 1 aliphatic rings. The average Bonchev–Trinajstić information content (AvgIpc) is 3.43. The van der Waals surface area contributed by atoms with Gasteiger partial charge in [0.2, 0.25) is 5.91 Å². The normalized spacial score (nSPS) is 15.6. The number of carbonyl (C=O) groups excluding carboxylic acids is 1. The number of nitrogens with zero attached hydrogens (tertiary/aromatic N) is 3. The number of anilines is 1. The van der Waals surface area contributed by atoms with Crippen molar-refractivity contribution >= 4 is 22.6 Å². The number of ether oxygens (including phenoxy) is 1. The molecule has 5 rings (SSSR count). The maximum absolute atomic E-state index is 13.8. The summed E-state index contributed by atoms with van der Waals surface area (Å²) in [5, 5.41) is 0. The minimum absolute atomic E-state index is 0.0126. The van der Waals surface area contributed by atoms with Gasteiger partial charge in [-0.1, -0.05) is 42.5 Å². The van der Waals surface area contributed by atoms with Crippen molar-refractivity contribution in [1.29, 1.82) is 0 Å². The number of aromatic nitrogens is 2. The first-order chi connectivity index (χ1) is 17.1. The molecule has 0 radical (unpaired) electrons. The summed E-state index contributed by atoms with van der Waals surface area (Å²) in [5.41, 5.74) is 3.67. The molecule has 3 aromatic carbocycles. The number of halogens is 1. The number of hydrogen-bond donors (Lipinski definition) is 0. The number of benzene rings is 3. The fraction of sp³-hybridized carbons (Fsp3) is 0.241. The Morgan fingerprint density at radius 1 is 1.09 bits per heavy atom. The quantitative estimate of drug-likeness (QED) is 0.227. The molecule has 0 N–H and O–H groups in total. The Labute approximate surface area is 204 Å².